The fraction of sp³-hybridized carbons (Fsp3) is 0.111. The normalized spacial score (nSPS) is 10.8. The number of hydrogen-bond donors (Lipinski definition) is 2. The van der Waals surface area contributed by atoms with Crippen molar-refractivity contribution in [2.24, 2.45) is 5.10 Å². The van der Waals surface area contributed by atoms with Crippen LogP contribution in [0, 0.1) is 0 Å². The van der Waals surface area contributed by atoms with Crippen LogP contribution in [0.15, 0.2) is 52.4 Å². The van der Waals surface area contributed by atoms with Crippen molar-refractivity contribution < 1.29 is 14.3 Å². The second-order valence-corrected chi connectivity index (χ2v) is 5.29. The smallest absolute Gasteiger partial charge is 0.292 e. The van der Waals surface area contributed by atoms with Gasteiger partial charge in [0.15, 0.2) is 5.69 Å². The number of hydrazone groups is 1. The SMILES string of the molecule is COc1cc(/C=N\NC(=O)c2n[nH]c(=O)c3ccccc23)cc(OC)c1. The van der Waals surface area contributed by atoms with Gasteiger partial charge in [0.05, 0.1) is 25.8 Å². The lowest BCUT2D eigenvalue weighted by molar-refractivity contribution is 0.0951. The van der Waals surface area contributed by atoms with E-state index in [0.29, 0.717) is 27.8 Å². The topological polar surface area (TPSA) is 106 Å². The molecule has 1 amide bonds. The van der Waals surface area contributed by atoms with Gasteiger partial charge in [0, 0.05) is 17.0 Å². The molecule has 2 aromatic carbocycles. The minimum Gasteiger partial charge on any atom is -0.497 e. The second kappa shape index (κ2) is 7.47. The highest BCUT2D eigenvalue weighted by molar-refractivity contribution is 6.04. The third kappa shape index (κ3) is 3.54. The van der Waals surface area contributed by atoms with Crippen LogP contribution in [0.1, 0.15) is 16.1 Å². The van der Waals surface area contributed by atoms with E-state index < -0.39 is 5.91 Å². The van der Waals surface area contributed by atoms with Crippen molar-refractivity contribution in [3.63, 3.8) is 0 Å². The minimum atomic E-state index is -0.538. The molecule has 0 aliphatic carbocycles. The van der Waals surface area contributed by atoms with Crippen molar-refractivity contribution in [3.8, 4) is 11.5 Å². The van der Waals surface area contributed by atoms with E-state index in [4.69, 9.17) is 9.47 Å². The molecule has 0 atom stereocenters. The van der Waals surface area contributed by atoms with Crippen molar-refractivity contribution in [2.75, 3.05) is 14.2 Å². The molecule has 1 heterocycles. The number of carbonyl (C=O) groups is 1. The van der Waals surface area contributed by atoms with Gasteiger partial charge >= 0.3 is 0 Å². The number of rotatable bonds is 5. The number of methoxy groups -OCH3 is 2. The molecule has 0 fully saturated rings. The monoisotopic (exact) mass is 352 g/mol. The first-order chi connectivity index (χ1) is 12.6. The molecule has 0 spiro atoms. The van der Waals surface area contributed by atoms with E-state index >= 15 is 0 Å². The van der Waals surface area contributed by atoms with Gasteiger partial charge in [-0.2, -0.15) is 10.2 Å². The molecule has 3 rings (SSSR count). The van der Waals surface area contributed by atoms with Crippen LogP contribution < -0.4 is 20.5 Å². The van der Waals surface area contributed by atoms with Gasteiger partial charge in [-0.15, -0.1) is 0 Å². The summed E-state index contributed by atoms with van der Waals surface area (Å²) in [4.78, 5) is 24.1. The highest BCUT2D eigenvalue weighted by Crippen LogP contribution is 2.21. The summed E-state index contributed by atoms with van der Waals surface area (Å²) >= 11 is 0. The maximum atomic E-state index is 12.3. The first-order valence-corrected chi connectivity index (χ1v) is 7.66. The minimum absolute atomic E-state index is 0.0839. The number of aromatic amines is 1. The Hall–Kier alpha value is -3.68. The van der Waals surface area contributed by atoms with Gasteiger partial charge in [-0.3, -0.25) is 9.59 Å². The molecule has 0 radical (unpaired) electrons. The Kier molecular flexibility index (Phi) is 4.93. The Bertz CT molecular complexity index is 1020. The van der Waals surface area contributed by atoms with Gasteiger partial charge in [-0.25, -0.2) is 10.5 Å². The predicted molar refractivity (Wildman–Crippen MR) is 97.0 cm³/mol. The summed E-state index contributed by atoms with van der Waals surface area (Å²) in [6.45, 7) is 0. The van der Waals surface area contributed by atoms with Gasteiger partial charge in [-0.05, 0) is 18.2 Å². The van der Waals surface area contributed by atoms with Crippen molar-refractivity contribution in [1.29, 1.82) is 0 Å². The molecule has 0 saturated carbocycles. The molecule has 26 heavy (non-hydrogen) atoms. The molecule has 1 aromatic heterocycles. The number of aromatic nitrogens is 2. The van der Waals surface area contributed by atoms with Crippen LogP contribution in [0.25, 0.3) is 10.8 Å². The third-order valence-electron chi connectivity index (χ3n) is 3.66. The quantitative estimate of drug-likeness (QED) is 0.537. The lowest BCUT2D eigenvalue weighted by Gasteiger charge is -2.06. The molecule has 8 nitrogen and oxygen atoms in total. The number of benzene rings is 2. The summed E-state index contributed by atoms with van der Waals surface area (Å²) in [7, 11) is 3.09. The third-order valence-corrected chi connectivity index (χ3v) is 3.66. The first-order valence-electron chi connectivity index (χ1n) is 7.66. The van der Waals surface area contributed by atoms with Crippen LogP contribution in [0.5, 0.6) is 11.5 Å². The molecule has 8 heteroatoms. The molecule has 0 unspecified atom stereocenters. The largest absolute Gasteiger partial charge is 0.497 e. The van der Waals surface area contributed by atoms with Crippen molar-refractivity contribution in [2.45, 2.75) is 0 Å². The summed E-state index contributed by atoms with van der Waals surface area (Å²) in [5.41, 5.74) is 2.81. The summed E-state index contributed by atoms with van der Waals surface area (Å²) in [6, 6.07) is 11.9. The van der Waals surface area contributed by atoms with Gasteiger partial charge < -0.3 is 9.47 Å². The maximum absolute atomic E-state index is 12.3. The first kappa shape index (κ1) is 17.2. The Morgan fingerprint density at radius 1 is 1.12 bits per heavy atom. The molecular weight excluding hydrogens is 336 g/mol. The molecule has 2 N–H and O–H groups in total. The lowest BCUT2D eigenvalue weighted by atomic mass is 10.1. The standard InChI is InChI=1S/C18H16N4O4/c1-25-12-7-11(8-13(9-12)26-2)10-19-21-18(24)16-14-5-3-4-6-15(14)17(23)22-20-16/h3-10H,1-2H3,(H,21,24)(H,22,23)/b19-10-. The summed E-state index contributed by atoms with van der Waals surface area (Å²) in [5, 5.41) is 10.9. The van der Waals surface area contributed by atoms with E-state index in [2.05, 4.69) is 20.7 Å². The summed E-state index contributed by atoms with van der Waals surface area (Å²) in [6.07, 6.45) is 1.46. The Morgan fingerprint density at radius 3 is 2.42 bits per heavy atom. The number of ether oxygens (including phenoxy) is 2. The Balaban J connectivity index is 1.83. The van der Waals surface area contributed by atoms with Gasteiger partial charge in [0.2, 0.25) is 0 Å². The summed E-state index contributed by atoms with van der Waals surface area (Å²) < 4.78 is 10.4. The fourth-order valence-corrected chi connectivity index (χ4v) is 2.41. The van der Waals surface area contributed by atoms with Crippen LogP contribution >= 0.6 is 0 Å². The van der Waals surface area contributed by atoms with Crippen molar-refractivity contribution in [3.05, 3.63) is 64.1 Å². The van der Waals surface area contributed by atoms with Crippen LogP contribution in [-0.2, 0) is 0 Å². The fourth-order valence-electron chi connectivity index (χ4n) is 2.41. The number of H-pyrrole nitrogens is 1. The van der Waals surface area contributed by atoms with Crippen molar-refractivity contribution in [1.82, 2.24) is 15.6 Å². The molecular formula is C18H16N4O4. The van der Waals surface area contributed by atoms with Gasteiger partial charge in [0.1, 0.15) is 11.5 Å². The van der Waals surface area contributed by atoms with Crippen LogP contribution in [0.3, 0.4) is 0 Å². The highest BCUT2D eigenvalue weighted by atomic mass is 16.5. The van der Waals surface area contributed by atoms with E-state index in [0.717, 1.165) is 0 Å². The molecule has 3 aromatic rings. The zero-order valence-corrected chi connectivity index (χ0v) is 14.1. The average Bonchev–Trinajstić information content (AvgIpc) is 2.68. The van der Waals surface area contributed by atoms with E-state index in [1.54, 1.807) is 56.7 Å². The van der Waals surface area contributed by atoms with Crippen LogP contribution in [0.4, 0.5) is 0 Å². The number of nitrogens with zero attached hydrogens (tertiary/aromatic N) is 2. The van der Waals surface area contributed by atoms with E-state index in [1.807, 2.05) is 0 Å². The van der Waals surface area contributed by atoms with E-state index in [9.17, 15) is 9.59 Å². The zero-order valence-electron chi connectivity index (χ0n) is 14.1. The second-order valence-electron chi connectivity index (χ2n) is 5.29. The molecule has 0 bridgehead atoms. The Labute approximate surface area is 148 Å². The molecule has 0 aliphatic heterocycles. The Morgan fingerprint density at radius 2 is 1.77 bits per heavy atom. The molecule has 132 valence electrons. The van der Waals surface area contributed by atoms with Gasteiger partial charge in [0.25, 0.3) is 11.5 Å². The van der Waals surface area contributed by atoms with Crippen LogP contribution in [0.2, 0.25) is 0 Å². The number of carbonyl (C=O) groups excluding carboxylic acids is 1. The van der Waals surface area contributed by atoms with E-state index in [1.165, 1.54) is 6.21 Å². The predicted octanol–water partition coefficient (Wildman–Crippen LogP) is 1.70. The number of nitrogens with one attached hydrogen (secondary N) is 2. The van der Waals surface area contributed by atoms with Crippen LogP contribution in [-0.4, -0.2) is 36.5 Å². The number of amides is 1. The average molecular weight is 352 g/mol. The van der Waals surface area contributed by atoms with Gasteiger partial charge in [-0.1, -0.05) is 18.2 Å². The highest BCUT2D eigenvalue weighted by Gasteiger charge is 2.13. The molecule has 0 aliphatic rings. The summed E-state index contributed by atoms with van der Waals surface area (Å²) in [5.74, 6) is 0.666. The van der Waals surface area contributed by atoms with E-state index in [-0.39, 0.29) is 11.3 Å². The number of fused-ring (bicyclic) bond motifs is 1. The lowest BCUT2D eigenvalue weighted by Crippen LogP contribution is -2.22. The van der Waals surface area contributed by atoms with Crippen molar-refractivity contribution >= 4 is 22.9 Å². The number of hydrogen-bond acceptors (Lipinski definition) is 6. The zero-order chi connectivity index (χ0) is 18.5. The molecule has 0 saturated heterocycles. The maximum Gasteiger partial charge on any atom is 0.292 e.